The van der Waals surface area contributed by atoms with Crippen LogP contribution in [0.15, 0.2) is 29.1 Å². The minimum absolute atomic E-state index is 0.0783. The highest BCUT2D eigenvalue weighted by Crippen LogP contribution is 2.33. The Bertz CT molecular complexity index is 1130. The van der Waals surface area contributed by atoms with Crippen LogP contribution in [-0.2, 0) is 19.9 Å². The number of nitrogens with one attached hydrogen (secondary N) is 1. The smallest absolute Gasteiger partial charge is 0.314 e. The average Bonchev–Trinajstić information content (AvgIpc) is 3.37. The Hall–Kier alpha value is -2.74. The number of urea groups is 1. The number of hydrogen-bond donors (Lipinski definition) is 1. The van der Waals surface area contributed by atoms with E-state index >= 15 is 0 Å². The van der Waals surface area contributed by atoms with E-state index in [-0.39, 0.29) is 17.6 Å². The van der Waals surface area contributed by atoms with Crippen LogP contribution in [0.3, 0.4) is 0 Å². The molecule has 29 heavy (non-hydrogen) atoms. The fourth-order valence-electron chi connectivity index (χ4n) is 4.38. The van der Waals surface area contributed by atoms with E-state index in [9.17, 15) is 9.59 Å². The molecule has 2 aromatic heterocycles. The largest absolute Gasteiger partial charge is 0.324 e. The Morgan fingerprint density at radius 1 is 1.17 bits per heavy atom. The quantitative estimate of drug-likeness (QED) is 0.701. The second kappa shape index (κ2) is 7.26. The predicted octanol–water partition coefficient (Wildman–Crippen LogP) is 3.64. The number of benzene rings is 1. The number of rotatable bonds is 2. The molecular weight excluding hydrogens is 386 g/mol. The Morgan fingerprint density at radius 2 is 2.00 bits per heavy atom. The molecule has 7 nitrogen and oxygen atoms in total. The third kappa shape index (κ3) is 3.21. The minimum Gasteiger partial charge on any atom is -0.314 e. The molecule has 3 aromatic rings. The van der Waals surface area contributed by atoms with Gasteiger partial charge in [-0.1, -0.05) is 12.1 Å². The zero-order valence-corrected chi connectivity index (χ0v) is 17.2. The second-order valence-electron chi connectivity index (χ2n) is 7.73. The lowest BCUT2D eigenvalue weighted by Gasteiger charge is -2.25. The highest BCUT2D eigenvalue weighted by Gasteiger charge is 2.33. The lowest BCUT2D eigenvalue weighted by Crippen LogP contribution is -2.37. The zero-order valence-electron chi connectivity index (χ0n) is 16.4. The number of hydrogen-bond acceptors (Lipinski definition) is 5. The van der Waals surface area contributed by atoms with E-state index < -0.39 is 0 Å². The topological polar surface area (TPSA) is 80.1 Å². The molecular formula is C21H23N5O2S. The molecule has 1 fully saturated rings. The van der Waals surface area contributed by atoms with Crippen LogP contribution in [0, 0.1) is 0 Å². The number of anilines is 1. The van der Waals surface area contributed by atoms with E-state index in [1.54, 1.807) is 33.9 Å². The number of aromatic nitrogens is 3. The van der Waals surface area contributed by atoms with Crippen molar-refractivity contribution in [1.29, 1.82) is 0 Å². The van der Waals surface area contributed by atoms with E-state index in [2.05, 4.69) is 10.3 Å². The number of aryl methyl sites for hydroxylation is 2. The number of nitrogens with zero attached hydrogens (tertiary/aromatic N) is 4. The average molecular weight is 410 g/mol. The highest BCUT2D eigenvalue weighted by molar-refractivity contribution is 7.15. The van der Waals surface area contributed by atoms with Gasteiger partial charge in [-0.2, -0.15) is 0 Å². The summed E-state index contributed by atoms with van der Waals surface area (Å²) in [7, 11) is 1.74. The van der Waals surface area contributed by atoms with Crippen molar-refractivity contribution < 1.29 is 4.79 Å². The number of likely N-dealkylation sites (tertiary alicyclic amines) is 1. The summed E-state index contributed by atoms with van der Waals surface area (Å²) < 4.78 is 1.58. The summed E-state index contributed by atoms with van der Waals surface area (Å²) in [6.45, 7) is 0.643. The monoisotopic (exact) mass is 409 g/mol. The fourth-order valence-corrected chi connectivity index (χ4v) is 5.42. The van der Waals surface area contributed by atoms with Crippen molar-refractivity contribution in [3.8, 4) is 0 Å². The van der Waals surface area contributed by atoms with Gasteiger partial charge in [0.1, 0.15) is 5.82 Å². The molecule has 0 radical (unpaired) electrons. The van der Waals surface area contributed by atoms with Crippen molar-refractivity contribution in [1.82, 2.24) is 19.4 Å². The van der Waals surface area contributed by atoms with Crippen LogP contribution in [0.5, 0.6) is 0 Å². The van der Waals surface area contributed by atoms with E-state index in [0.29, 0.717) is 28.4 Å². The van der Waals surface area contributed by atoms with Gasteiger partial charge in [0.25, 0.3) is 5.56 Å². The highest BCUT2D eigenvalue weighted by atomic mass is 32.1. The number of para-hydroxylation sites is 1. The van der Waals surface area contributed by atoms with Gasteiger partial charge >= 0.3 is 6.03 Å². The molecule has 3 heterocycles. The summed E-state index contributed by atoms with van der Waals surface area (Å²) >= 11 is 1.59. The predicted molar refractivity (Wildman–Crippen MR) is 113 cm³/mol. The number of amides is 2. The van der Waals surface area contributed by atoms with Gasteiger partial charge in [0, 0.05) is 18.5 Å². The molecule has 150 valence electrons. The third-order valence-corrected chi connectivity index (χ3v) is 6.96. The minimum atomic E-state index is -0.216. The lowest BCUT2D eigenvalue weighted by atomic mass is 10.0. The first kappa shape index (κ1) is 18.3. The molecule has 5 rings (SSSR count). The molecule has 0 saturated carbocycles. The maximum absolute atomic E-state index is 13.0. The molecule has 0 bridgehead atoms. The summed E-state index contributed by atoms with van der Waals surface area (Å²) in [4.78, 5) is 38.3. The van der Waals surface area contributed by atoms with Crippen LogP contribution in [0.1, 0.15) is 48.1 Å². The zero-order chi connectivity index (χ0) is 20.0. The number of carbonyl (C=O) groups excluding carboxylic acids is 1. The van der Waals surface area contributed by atoms with Crippen LogP contribution < -0.4 is 10.9 Å². The molecule has 8 heteroatoms. The van der Waals surface area contributed by atoms with Gasteiger partial charge in [-0.3, -0.25) is 14.7 Å². The van der Waals surface area contributed by atoms with Crippen LogP contribution >= 0.6 is 11.3 Å². The van der Waals surface area contributed by atoms with Crippen LogP contribution in [0.25, 0.3) is 10.9 Å². The normalized spacial score (nSPS) is 18.8. The SMILES string of the molecule is Cn1c(C2CCCN2C(=O)Nc2nc3c(s2)CCCC3)nc2ccccc2c1=O. The molecule has 2 aliphatic rings. The van der Waals surface area contributed by atoms with Crippen molar-refractivity contribution in [3.63, 3.8) is 0 Å². The number of carbonyl (C=O) groups is 1. The summed E-state index contributed by atoms with van der Waals surface area (Å²) in [5, 5.41) is 4.26. The molecule has 1 atom stereocenters. The summed E-state index contributed by atoms with van der Waals surface area (Å²) in [5.41, 5.74) is 1.73. The van der Waals surface area contributed by atoms with Gasteiger partial charge in [-0.25, -0.2) is 14.8 Å². The first-order chi connectivity index (χ1) is 14.1. The summed E-state index contributed by atoms with van der Waals surface area (Å²) in [5.74, 6) is 0.639. The maximum Gasteiger partial charge on any atom is 0.324 e. The molecule has 0 spiro atoms. The first-order valence-electron chi connectivity index (χ1n) is 10.1. The van der Waals surface area contributed by atoms with Gasteiger partial charge < -0.3 is 4.90 Å². The van der Waals surface area contributed by atoms with Gasteiger partial charge in [0.05, 0.1) is 22.6 Å². The fraction of sp³-hybridized carbons (Fsp3) is 0.429. The maximum atomic E-state index is 13.0. The number of thiazole rings is 1. The van der Waals surface area contributed by atoms with E-state index in [0.717, 1.165) is 31.4 Å². The first-order valence-corrected chi connectivity index (χ1v) is 11.0. The van der Waals surface area contributed by atoms with Crippen molar-refractivity contribution >= 4 is 33.4 Å². The molecule has 1 saturated heterocycles. The Morgan fingerprint density at radius 3 is 2.86 bits per heavy atom. The van der Waals surface area contributed by atoms with Crippen LogP contribution in [0.4, 0.5) is 9.93 Å². The van der Waals surface area contributed by atoms with Gasteiger partial charge in [0.15, 0.2) is 5.13 Å². The Balaban J connectivity index is 1.43. The van der Waals surface area contributed by atoms with Gasteiger partial charge in [-0.05, 0) is 50.7 Å². The van der Waals surface area contributed by atoms with Crippen molar-refractivity contribution in [2.75, 3.05) is 11.9 Å². The van der Waals surface area contributed by atoms with Crippen LogP contribution in [-0.4, -0.2) is 32.0 Å². The Labute approximate surface area is 172 Å². The standard InChI is InChI=1S/C21H23N5O2S/c1-25-18(22-14-8-3-2-7-13(14)19(25)27)16-10-6-12-26(16)21(28)24-20-23-15-9-4-5-11-17(15)29-20/h2-3,7-8,16H,4-6,9-12H2,1H3,(H,23,24,28). The molecule has 1 aliphatic heterocycles. The van der Waals surface area contributed by atoms with E-state index in [1.807, 2.05) is 18.2 Å². The molecule has 1 aliphatic carbocycles. The van der Waals surface area contributed by atoms with Crippen molar-refractivity contribution in [2.45, 2.75) is 44.6 Å². The number of fused-ring (bicyclic) bond motifs is 2. The van der Waals surface area contributed by atoms with Crippen LogP contribution in [0.2, 0.25) is 0 Å². The lowest BCUT2D eigenvalue weighted by molar-refractivity contribution is 0.204. The summed E-state index contributed by atoms with van der Waals surface area (Å²) in [6, 6.07) is 6.97. The molecule has 1 aromatic carbocycles. The Kier molecular flexibility index (Phi) is 4.58. The summed E-state index contributed by atoms with van der Waals surface area (Å²) in [6.07, 6.45) is 6.09. The van der Waals surface area contributed by atoms with Gasteiger partial charge in [-0.15, -0.1) is 11.3 Å². The van der Waals surface area contributed by atoms with E-state index in [1.165, 1.54) is 17.7 Å². The molecule has 1 unspecified atom stereocenters. The van der Waals surface area contributed by atoms with Gasteiger partial charge in [0.2, 0.25) is 0 Å². The van der Waals surface area contributed by atoms with E-state index in [4.69, 9.17) is 4.98 Å². The second-order valence-corrected chi connectivity index (χ2v) is 8.81. The molecule has 1 N–H and O–H groups in total. The third-order valence-electron chi connectivity index (χ3n) is 5.89. The molecule has 2 amide bonds. The van der Waals surface area contributed by atoms with Crippen molar-refractivity contribution in [3.05, 3.63) is 51.0 Å². The van der Waals surface area contributed by atoms with Crippen molar-refractivity contribution in [2.24, 2.45) is 7.05 Å².